The van der Waals surface area contributed by atoms with Crippen molar-refractivity contribution in [2.75, 3.05) is 17.7 Å². The van der Waals surface area contributed by atoms with E-state index in [1.807, 2.05) is 0 Å². The highest BCUT2D eigenvalue weighted by atomic mass is 32.2. The van der Waals surface area contributed by atoms with Crippen molar-refractivity contribution in [3.05, 3.63) is 59.2 Å². The molecule has 3 heterocycles. The number of halogens is 5. The van der Waals surface area contributed by atoms with Gasteiger partial charge in [0.2, 0.25) is 0 Å². The number of rotatable bonds is 3. The Balaban J connectivity index is 1.67. The molecule has 2 aliphatic rings. The SMILES string of the molecule is C[C@H]1C[C@@]2(F)CSC(N)=N[C@@]2(c2cc(F)cc(NC(=O)c3ccc(C(F)(F)F)cn3)c2)CO1. The first-order valence-corrected chi connectivity index (χ1v) is 10.8. The van der Waals surface area contributed by atoms with Crippen molar-refractivity contribution in [3.63, 3.8) is 0 Å². The molecule has 1 aromatic heterocycles. The largest absolute Gasteiger partial charge is 0.417 e. The molecule has 3 atom stereocenters. The quantitative estimate of drug-likeness (QED) is 0.633. The number of nitrogens with zero attached hydrogens (tertiary/aromatic N) is 2. The number of benzene rings is 1. The van der Waals surface area contributed by atoms with E-state index in [-0.39, 0.29) is 47.0 Å². The minimum atomic E-state index is -4.60. The van der Waals surface area contributed by atoms with E-state index in [0.29, 0.717) is 12.3 Å². The maximum absolute atomic E-state index is 16.1. The normalized spacial score (nSPS) is 27.5. The first-order chi connectivity index (χ1) is 15.4. The summed E-state index contributed by atoms with van der Waals surface area (Å²) >= 11 is 1.06. The van der Waals surface area contributed by atoms with Gasteiger partial charge in [0.1, 0.15) is 17.1 Å². The summed E-state index contributed by atoms with van der Waals surface area (Å²) in [6.45, 7) is 1.55. The predicted molar refractivity (Wildman–Crippen MR) is 113 cm³/mol. The second-order valence-electron chi connectivity index (χ2n) is 8.00. The Morgan fingerprint density at radius 1 is 1.30 bits per heavy atom. The summed E-state index contributed by atoms with van der Waals surface area (Å²) in [6.07, 6.45) is -4.43. The third kappa shape index (κ3) is 4.41. The number of thioether (sulfide) groups is 1. The van der Waals surface area contributed by atoms with Crippen molar-refractivity contribution in [1.82, 2.24) is 4.98 Å². The lowest BCUT2D eigenvalue weighted by molar-refractivity contribution is -0.137. The highest BCUT2D eigenvalue weighted by Crippen LogP contribution is 2.51. The molecule has 0 spiro atoms. The van der Waals surface area contributed by atoms with Crippen LogP contribution in [0, 0.1) is 5.82 Å². The smallest absolute Gasteiger partial charge is 0.379 e. The first-order valence-electron chi connectivity index (χ1n) is 9.86. The van der Waals surface area contributed by atoms with E-state index >= 15 is 4.39 Å². The van der Waals surface area contributed by atoms with E-state index < -0.39 is 34.7 Å². The van der Waals surface area contributed by atoms with E-state index in [9.17, 15) is 22.4 Å². The van der Waals surface area contributed by atoms with Crippen LogP contribution < -0.4 is 11.1 Å². The second-order valence-corrected chi connectivity index (χ2v) is 9.00. The predicted octanol–water partition coefficient (Wildman–Crippen LogP) is 4.27. The summed E-state index contributed by atoms with van der Waals surface area (Å²) in [4.78, 5) is 20.3. The van der Waals surface area contributed by atoms with Crippen LogP contribution in [0.25, 0.3) is 0 Å². The number of anilines is 1. The lowest BCUT2D eigenvalue weighted by Gasteiger charge is -2.49. The number of aliphatic imine (C=N–C) groups is 1. The molecule has 6 nitrogen and oxygen atoms in total. The van der Waals surface area contributed by atoms with Crippen LogP contribution in [0.5, 0.6) is 0 Å². The number of carbonyl (C=O) groups is 1. The number of ether oxygens (including phenoxy) is 1. The van der Waals surface area contributed by atoms with Crippen molar-refractivity contribution in [2.45, 2.75) is 36.8 Å². The van der Waals surface area contributed by atoms with Crippen LogP contribution in [0.2, 0.25) is 0 Å². The van der Waals surface area contributed by atoms with Gasteiger partial charge < -0.3 is 15.8 Å². The Kier molecular flexibility index (Phi) is 5.85. The molecule has 1 saturated heterocycles. The summed E-state index contributed by atoms with van der Waals surface area (Å²) < 4.78 is 74.5. The van der Waals surface area contributed by atoms with Gasteiger partial charge in [0.05, 0.1) is 18.3 Å². The fourth-order valence-corrected chi connectivity index (χ4v) is 4.95. The van der Waals surface area contributed by atoms with Gasteiger partial charge in [-0.15, -0.1) is 0 Å². The number of carbonyl (C=O) groups excluding carboxylic acids is 1. The third-order valence-corrected chi connectivity index (χ3v) is 6.62. The molecule has 33 heavy (non-hydrogen) atoms. The first kappa shape index (κ1) is 23.4. The van der Waals surface area contributed by atoms with E-state index in [1.165, 1.54) is 6.07 Å². The number of pyridine rings is 1. The summed E-state index contributed by atoms with van der Waals surface area (Å²) in [5.74, 6) is -1.63. The summed E-state index contributed by atoms with van der Waals surface area (Å²) in [5.41, 5.74) is 1.15. The molecular weight excluding hydrogens is 467 g/mol. The highest BCUT2D eigenvalue weighted by molar-refractivity contribution is 8.13. The molecule has 0 aliphatic carbocycles. The van der Waals surface area contributed by atoms with Crippen LogP contribution in [0.4, 0.5) is 27.6 Å². The molecular formula is C21H19F5N4O2S. The maximum Gasteiger partial charge on any atom is 0.417 e. The van der Waals surface area contributed by atoms with Gasteiger partial charge in [0.25, 0.3) is 5.91 Å². The van der Waals surface area contributed by atoms with Gasteiger partial charge in [-0.25, -0.2) is 13.8 Å². The molecule has 0 saturated carbocycles. The molecule has 3 N–H and O–H groups in total. The van der Waals surface area contributed by atoms with Gasteiger partial charge in [-0.3, -0.25) is 9.78 Å². The van der Waals surface area contributed by atoms with Gasteiger partial charge in [0, 0.05) is 24.1 Å². The maximum atomic E-state index is 16.1. The number of aromatic nitrogens is 1. The highest BCUT2D eigenvalue weighted by Gasteiger charge is 2.59. The monoisotopic (exact) mass is 486 g/mol. The van der Waals surface area contributed by atoms with Crippen LogP contribution >= 0.6 is 11.8 Å². The summed E-state index contributed by atoms with van der Waals surface area (Å²) in [6, 6.07) is 5.08. The molecule has 2 aromatic rings. The van der Waals surface area contributed by atoms with Crippen LogP contribution in [0.3, 0.4) is 0 Å². The average molecular weight is 486 g/mol. The second kappa shape index (κ2) is 8.24. The minimum Gasteiger partial charge on any atom is -0.379 e. The molecule has 4 rings (SSSR count). The number of fused-ring (bicyclic) bond motifs is 1. The number of amides is 1. The van der Waals surface area contributed by atoms with Gasteiger partial charge in [-0.05, 0) is 42.8 Å². The van der Waals surface area contributed by atoms with Gasteiger partial charge >= 0.3 is 6.18 Å². The van der Waals surface area contributed by atoms with Gasteiger partial charge in [-0.1, -0.05) is 11.8 Å². The molecule has 176 valence electrons. The van der Waals surface area contributed by atoms with Crippen LogP contribution in [0.1, 0.15) is 35.0 Å². The number of hydrogen-bond donors (Lipinski definition) is 2. The van der Waals surface area contributed by atoms with Crippen LogP contribution in [0.15, 0.2) is 41.5 Å². The van der Waals surface area contributed by atoms with Crippen molar-refractivity contribution >= 4 is 28.5 Å². The fourth-order valence-electron chi connectivity index (χ4n) is 3.99. The van der Waals surface area contributed by atoms with Crippen molar-refractivity contribution in [3.8, 4) is 0 Å². The zero-order valence-electron chi connectivity index (χ0n) is 17.2. The zero-order chi connectivity index (χ0) is 24.0. The third-order valence-electron chi connectivity index (χ3n) is 5.64. The van der Waals surface area contributed by atoms with E-state index in [0.717, 1.165) is 30.0 Å². The molecule has 0 unspecified atom stereocenters. The van der Waals surface area contributed by atoms with Gasteiger partial charge in [0.15, 0.2) is 10.8 Å². The molecule has 1 amide bonds. The Bertz CT molecular complexity index is 1110. The lowest BCUT2D eigenvalue weighted by Crippen LogP contribution is -2.60. The number of alkyl halides is 4. The van der Waals surface area contributed by atoms with Crippen molar-refractivity contribution < 1.29 is 31.5 Å². The number of amidine groups is 1. The number of hydrogen-bond acceptors (Lipinski definition) is 6. The Hall–Kier alpha value is -2.73. The number of nitrogens with two attached hydrogens (primary N) is 1. The average Bonchev–Trinajstić information content (AvgIpc) is 2.73. The molecule has 1 fully saturated rings. The Morgan fingerprint density at radius 3 is 2.73 bits per heavy atom. The van der Waals surface area contributed by atoms with Crippen molar-refractivity contribution in [1.29, 1.82) is 0 Å². The zero-order valence-corrected chi connectivity index (χ0v) is 18.1. The Morgan fingerprint density at radius 2 is 2.06 bits per heavy atom. The minimum absolute atomic E-state index is 0.00368. The summed E-state index contributed by atoms with van der Waals surface area (Å²) in [7, 11) is 0. The standard InChI is InChI=1S/C21H19F5N4O2S/c1-11-7-19(23)10-33-18(27)30-20(19,9-32-11)13-4-14(22)6-15(5-13)29-17(31)16-3-2-12(8-28-16)21(24,25)26/h2-6,8,11H,7,9-10H2,1H3,(H2,27,30)(H,29,31)/t11-,19+,20+/m0/s1. The topological polar surface area (TPSA) is 89.6 Å². The molecule has 12 heteroatoms. The van der Waals surface area contributed by atoms with E-state index in [1.54, 1.807) is 6.92 Å². The van der Waals surface area contributed by atoms with E-state index in [2.05, 4.69) is 15.3 Å². The van der Waals surface area contributed by atoms with E-state index in [4.69, 9.17) is 10.5 Å². The van der Waals surface area contributed by atoms with Crippen molar-refractivity contribution in [2.24, 2.45) is 10.7 Å². The molecule has 0 radical (unpaired) electrons. The summed E-state index contributed by atoms with van der Waals surface area (Å²) in [5, 5.41) is 2.52. The fraction of sp³-hybridized carbons (Fsp3) is 0.381. The molecule has 0 bridgehead atoms. The van der Waals surface area contributed by atoms with Crippen LogP contribution in [-0.2, 0) is 16.5 Å². The molecule has 1 aromatic carbocycles. The lowest BCUT2D eigenvalue weighted by atomic mass is 9.73. The van der Waals surface area contributed by atoms with Crippen LogP contribution in [-0.4, -0.2) is 40.2 Å². The molecule has 2 aliphatic heterocycles. The number of nitrogens with one attached hydrogen (secondary N) is 1. The Labute approximate surface area is 189 Å². The van der Waals surface area contributed by atoms with Gasteiger partial charge in [-0.2, -0.15) is 13.2 Å².